The summed E-state index contributed by atoms with van der Waals surface area (Å²) in [6.07, 6.45) is 4.77. The summed E-state index contributed by atoms with van der Waals surface area (Å²) in [5.41, 5.74) is 4.24. The molecule has 96 valence electrons. The molecule has 19 heavy (non-hydrogen) atoms. The Morgan fingerprint density at radius 3 is 2.95 bits per heavy atom. The molecule has 0 aliphatic carbocycles. The minimum Gasteiger partial charge on any atom is -0.326 e. The summed E-state index contributed by atoms with van der Waals surface area (Å²) >= 11 is 0. The van der Waals surface area contributed by atoms with Gasteiger partial charge in [0.05, 0.1) is 0 Å². The molecule has 3 heteroatoms. The van der Waals surface area contributed by atoms with Gasteiger partial charge in [0.2, 0.25) is 0 Å². The lowest BCUT2D eigenvalue weighted by atomic mass is 10.0. The van der Waals surface area contributed by atoms with Crippen LogP contribution < -0.4 is 4.90 Å². The summed E-state index contributed by atoms with van der Waals surface area (Å²) in [6.45, 7) is 2.93. The van der Waals surface area contributed by atoms with Gasteiger partial charge in [0.15, 0.2) is 6.29 Å². The minimum absolute atomic E-state index is 0.661. The molecule has 1 aromatic carbocycles. The normalized spacial score (nSPS) is 14.1. The van der Waals surface area contributed by atoms with Gasteiger partial charge in [0.25, 0.3) is 0 Å². The molecule has 1 aliphatic rings. The van der Waals surface area contributed by atoms with E-state index in [0.29, 0.717) is 5.56 Å². The smallest absolute Gasteiger partial charge is 0.151 e. The summed E-state index contributed by atoms with van der Waals surface area (Å²) < 4.78 is 0. The molecule has 0 amide bonds. The van der Waals surface area contributed by atoms with Crippen LogP contribution in [-0.4, -0.2) is 17.8 Å². The van der Waals surface area contributed by atoms with Crippen molar-refractivity contribution in [3.63, 3.8) is 0 Å². The topological polar surface area (TPSA) is 33.2 Å². The number of pyridine rings is 1. The van der Waals surface area contributed by atoms with E-state index in [4.69, 9.17) is 0 Å². The Labute approximate surface area is 112 Å². The van der Waals surface area contributed by atoms with E-state index in [-0.39, 0.29) is 0 Å². The van der Waals surface area contributed by atoms with Gasteiger partial charge < -0.3 is 4.90 Å². The number of aromatic nitrogens is 1. The molecule has 0 saturated carbocycles. The lowest BCUT2D eigenvalue weighted by Crippen LogP contribution is -2.25. The van der Waals surface area contributed by atoms with Gasteiger partial charge in [-0.25, -0.2) is 4.98 Å². The number of hydrogen-bond donors (Lipinski definition) is 0. The van der Waals surface area contributed by atoms with Crippen LogP contribution in [0, 0.1) is 6.92 Å². The number of rotatable bonds is 2. The Morgan fingerprint density at radius 1 is 1.32 bits per heavy atom. The van der Waals surface area contributed by atoms with Crippen molar-refractivity contribution in [3.8, 4) is 0 Å². The molecule has 0 radical (unpaired) electrons. The third-order valence-corrected chi connectivity index (χ3v) is 3.65. The van der Waals surface area contributed by atoms with Crippen molar-refractivity contribution in [3.05, 3.63) is 53.2 Å². The van der Waals surface area contributed by atoms with Crippen molar-refractivity contribution in [2.45, 2.75) is 19.8 Å². The fourth-order valence-electron chi connectivity index (χ4n) is 2.59. The van der Waals surface area contributed by atoms with E-state index in [2.05, 4.69) is 34.1 Å². The number of aryl methyl sites for hydroxylation is 2. The van der Waals surface area contributed by atoms with Crippen molar-refractivity contribution in [1.29, 1.82) is 0 Å². The number of carbonyl (C=O) groups is 1. The minimum atomic E-state index is 0.661. The first-order chi connectivity index (χ1) is 9.29. The van der Waals surface area contributed by atoms with Gasteiger partial charge >= 0.3 is 0 Å². The highest BCUT2D eigenvalue weighted by atomic mass is 16.1. The molecular weight excluding hydrogens is 236 g/mol. The van der Waals surface area contributed by atoms with Crippen LogP contribution >= 0.6 is 0 Å². The van der Waals surface area contributed by atoms with E-state index in [9.17, 15) is 4.79 Å². The summed E-state index contributed by atoms with van der Waals surface area (Å²) in [5.74, 6) is 0.926. The van der Waals surface area contributed by atoms with E-state index < -0.39 is 0 Å². The van der Waals surface area contributed by atoms with Gasteiger partial charge in [-0.3, -0.25) is 4.79 Å². The predicted octanol–water partition coefficient (Wildman–Crippen LogP) is 3.29. The van der Waals surface area contributed by atoms with Gasteiger partial charge in [-0.15, -0.1) is 0 Å². The highest BCUT2D eigenvalue weighted by molar-refractivity contribution is 5.78. The third kappa shape index (κ3) is 2.12. The first kappa shape index (κ1) is 11.9. The molecule has 0 saturated heterocycles. The van der Waals surface area contributed by atoms with E-state index in [1.54, 1.807) is 6.20 Å². The largest absolute Gasteiger partial charge is 0.326 e. The molecule has 0 spiro atoms. The highest BCUT2D eigenvalue weighted by Crippen LogP contribution is 2.32. The molecule has 0 bridgehead atoms. The number of para-hydroxylation sites is 1. The molecule has 1 aromatic heterocycles. The molecule has 0 unspecified atom stereocenters. The van der Waals surface area contributed by atoms with Crippen molar-refractivity contribution in [1.82, 2.24) is 4.98 Å². The van der Waals surface area contributed by atoms with Gasteiger partial charge in [-0.2, -0.15) is 0 Å². The summed E-state index contributed by atoms with van der Waals surface area (Å²) in [5, 5.41) is 0. The molecular formula is C16H16N2O. The number of carbonyl (C=O) groups excluding carboxylic acids is 1. The lowest BCUT2D eigenvalue weighted by molar-refractivity contribution is 0.112. The SMILES string of the molecule is Cc1cc(N2CCCc3ccccc32)ncc1C=O. The zero-order valence-corrected chi connectivity index (χ0v) is 11.0. The second-order valence-corrected chi connectivity index (χ2v) is 4.90. The average molecular weight is 252 g/mol. The molecule has 1 aliphatic heterocycles. The van der Waals surface area contributed by atoms with E-state index >= 15 is 0 Å². The molecule has 0 N–H and O–H groups in total. The van der Waals surface area contributed by atoms with Crippen LogP contribution in [0.3, 0.4) is 0 Å². The van der Waals surface area contributed by atoms with E-state index in [0.717, 1.165) is 37.1 Å². The molecule has 0 atom stereocenters. The van der Waals surface area contributed by atoms with Crippen molar-refractivity contribution >= 4 is 17.8 Å². The quantitative estimate of drug-likeness (QED) is 0.769. The van der Waals surface area contributed by atoms with Gasteiger partial charge in [0, 0.05) is 24.0 Å². The zero-order chi connectivity index (χ0) is 13.2. The summed E-state index contributed by atoms with van der Waals surface area (Å²) in [6, 6.07) is 10.4. The van der Waals surface area contributed by atoms with Crippen LogP contribution in [0.15, 0.2) is 36.5 Å². The summed E-state index contributed by atoms with van der Waals surface area (Å²) in [4.78, 5) is 17.5. The number of hydrogen-bond acceptors (Lipinski definition) is 3. The third-order valence-electron chi connectivity index (χ3n) is 3.65. The van der Waals surface area contributed by atoms with Crippen LogP contribution in [-0.2, 0) is 6.42 Å². The Morgan fingerprint density at radius 2 is 2.16 bits per heavy atom. The van der Waals surface area contributed by atoms with Crippen molar-refractivity contribution in [2.24, 2.45) is 0 Å². The number of nitrogens with zero attached hydrogens (tertiary/aromatic N) is 2. The molecule has 0 fully saturated rings. The number of fused-ring (bicyclic) bond motifs is 1. The standard InChI is InChI=1S/C16H16N2O/c1-12-9-16(17-10-14(12)11-19)18-8-4-6-13-5-2-3-7-15(13)18/h2-3,5,7,9-11H,4,6,8H2,1H3. The van der Waals surface area contributed by atoms with Crippen LogP contribution in [0.25, 0.3) is 0 Å². The van der Waals surface area contributed by atoms with Crippen LogP contribution in [0.1, 0.15) is 27.9 Å². The second kappa shape index (κ2) is 4.84. The molecule has 3 rings (SSSR count). The first-order valence-corrected chi connectivity index (χ1v) is 6.57. The maximum Gasteiger partial charge on any atom is 0.151 e. The van der Waals surface area contributed by atoms with Crippen LogP contribution in [0.2, 0.25) is 0 Å². The zero-order valence-electron chi connectivity index (χ0n) is 11.0. The average Bonchev–Trinajstić information content (AvgIpc) is 2.46. The Balaban J connectivity index is 2.04. The maximum absolute atomic E-state index is 10.9. The van der Waals surface area contributed by atoms with Gasteiger partial charge in [-0.05, 0) is 43.0 Å². The van der Waals surface area contributed by atoms with Crippen LogP contribution in [0.5, 0.6) is 0 Å². The first-order valence-electron chi connectivity index (χ1n) is 6.57. The molecule has 3 nitrogen and oxygen atoms in total. The van der Waals surface area contributed by atoms with Gasteiger partial charge in [-0.1, -0.05) is 18.2 Å². The van der Waals surface area contributed by atoms with Gasteiger partial charge in [0.1, 0.15) is 5.82 Å². The Bertz CT molecular complexity index is 622. The predicted molar refractivity (Wildman–Crippen MR) is 76.1 cm³/mol. The maximum atomic E-state index is 10.9. The number of benzene rings is 1. The summed E-state index contributed by atoms with van der Waals surface area (Å²) in [7, 11) is 0. The van der Waals surface area contributed by atoms with Crippen LogP contribution in [0.4, 0.5) is 11.5 Å². The van der Waals surface area contributed by atoms with Crippen molar-refractivity contribution in [2.75, 3.05) is 11.4 Å². The van der Waals surface area contributed by atoms with E-state index in [1.165, 1.54) is 11.3 Å². The monoisotopic (exact) mass is 252 g/mol. The fourth-order valence-corrected chi connectivity index (χ4v) is 2.59. The molecule has 2 heterocycles. The second-order valence-electron chi connectivity index (χ2n) is 4.90. The molecule has 2 aromatic rings. The lowest BCUT2D eigenvalue weighted by Gasteiger charge is -2.30. The Kier molecular flexibility index (Phi) is 3.03. The van der Waals surface area contributed by atoms with Crippen molar-refractivity contribution < 1.29 is 4.79 Å². The number of aldehydes is 1. The van der Waals surface area contributed by atoms with E-state index in [1.807, 2.05) is 13.0 Å². The Hall–Kier alpha value is -2.16. The fraction of sp³-hybridized carbons (Fsp3) is 0.250. The highest BCUT2D eigenvalue weighted by Gasteiger charge is 2.18. The number of anilines is 2.